The maximum Gasteiger partial charge on any atom is 0.425 e. The van der Waals surface area contributed by atoms with Crippen molar-refractivity contribution in [3.05, 3.63) is 65.2 Å². The molecule has 7 nitrogen and oxygen atoms in total. The van der Waals surface area contributed by atoms with Gasteiger partial charge in [0.25, 0.3) is 5.91 Å². The first-order chi connectivity index (χ1) is 13.5. The molecule has 2 amide bonds. The van der Waals surface area contributed by atoms with Crippen LogP contribution in [0.25, 0.3) is 22.2 Å². The van der Waals surface area contributed by atoms with E-state index >= 15 is 0 Å². The van der Waals surface area contributed by atoms with Gasteiger partial charge in [-0.3, -0.25) is 15.5 Å². The predicted octanol–water partition coefficient (Wildman–Crippen LogP) is 3.43. The fourth-order valence-corrected chi connectivity index (χ4v) is 2.91. The van der Waals surface area contributed by atoms with Gasteiger partial charge in [0.1, 0.15) is 0 Å². The third-order valence-corrected chi connectivity index (χ3v) is 4.33. The zero-order chi connectivity index (χ0) is 20.1. The summed E-state index contributed by atoms with van der Waals surface area (Å²) in [4.78, 5) is 28.5. The molecule has 28 heavy (non-hydrogen) atoms. The highest BCUT2D eigenvalue weighted by Crippen LogP contribution is 2.29. The molecule has 0 bridgehead atoms. The maximum absolute atomic E-state index is 12.8. The number of para-hydroxylation sites is 1. The highest BCUT2D eigenvalue weighted by molar-refractivity contribution is 7.80. The fourth-order valence-electron chi connectivity index (χ4n) is 2.53. The molecule has 3 rings (SSSR count). The molecule has 0 atom stereocenters. The smallest absolute Gasteiger partial charge is 0.425 e. The molecule has 0 radical (unpaired) electrons. The van der Waals surface area contributed by atoms with Gasteiger partial charge in [0.2, 0.25) is 0 Å². The molecule has 0 spiro atoms. The number of nitrogens with zero attached hydrogens (tertiary/aromatic N) is 1. The Balaban J connectivity index is 1.95. The molecule has 0 fully saturated rings. The van der Waals surface area contributed by atoms with Gasteiger partial charge in [-0.1, -0.05) is 48.0 Å². The van der Waals surface area contributed by atoms with Crippen LogP contribution in [0, 0.1) is 0 Å². The van der Waals surface area contributed by atoms with Crippen LogP contribution in [-0.2, 0) is 4.74 Å². The number of carbonyl (C=O) groups is 2. The Hall–Kier alpha value is -3.23. The number of pyridine rings is 1. The highest BCUT2D eigenvalue weighted by Gasteiger charge is 2.16. The molecular weight excluding hydrogens is 400 g/mol. The van der Waals surface area contributed by atoms with Crippen molar-refractivity contribution >= 4 is 51.8 Å². The molecule has 0 saturated carbocycles. The zero-order valence-corrected chi connectivity index (χ0v) is 16.2. The number of amides is 2. The Morgan fingerprint density at radius 1 is 1.07 bits per heavy atom. The van der Waals surface area contributed by atoms with E-state index in [0.29, 0.717) is 32.7 Å². The molecule has 3 N–H and O–H groups in total. The lowest BCUT2D eigenvalue weighted by molar-refractivity contribution is 0.0977. The number of ether oxygens (including phenoxy) is 1. The van der Waals surface area contributed by atoms with E-state index in [1.807, 2.05) is 36.4 Å². The van der Waals surface area contributed by atoms with E-state index < -0.39 is 12.0 Å². The summed E-state index contributed by atoms with van der Waals surface area (Å²) in [5.41, 5.74) is 6.81. The van der Waals surface area contributed by atoms with Crippen LogP contribution in [0.1, 0.15) is 10.4 Å². The minimum absolute atomic E-state index is 0.0874. The number of hydrogen-bond donors (Lipinski definition) is 3. The topological polar surface area (TPSA) is 92.4 Å². The lowest BCUT2D eigenvalue weighted by Gasteiger charge is -2.13. The Labute approximate surface area is 171 Å². The highest BCUT2D eigenvalue weighted by atomic mass is 35.5. The number of hydrazine groups is 1. The number of benzene rings is 2. The van der Waals surface area contributed by atoms with Gasteiger partial charge in [0.05, 0.1) is 23.9 Å². The van der Waals surface area contributed by atoms with Crippen molar-refractivity contribution in [2.45, 2.75) is 0 Å². The number of rotatable bonds is 2. The lowest BCUT2D eigenvalue weighted by atomic mass is 10.0. The van der Waals surface area contributed by atoms with E-state index in [9.17, 15) is 9.59 Å². The summed E-state index contributed by atoms with van der Waals surface area (Å²) in [5.74, 6) is -0.462. The molecule has 0 saturated heterocycles. The van der Waals surface area contributed by atoms with Gasteiger partial charge in [-0.25, -0.2) is 15.2 Å². The third kappa shape index (κ3) is 4.36. The number of nitrogens with one attached hydrogen (secondary N) is 3. The van der Waals surface area contributed by atoms with Crippen molar-refractivity contribution in [2.75, 3.05) is 7.11 Å². The maximum atomic E-state index is 12.8. The minimum atomic E-state index is -0.744. The van der Waals surface area contributed by atoms with Gasteiger partial charge in [-0.05, 0) is 30.4 Å². The molecule has 3 aromatic rings. The molecule has 0 aliphatic carbocycles. The van der Waals surface area contributed by atoms with Crippen molar-refractivity contribution in [1.82, 2.24) is 21.2 Å². The minimum Gasteiger partial charge on any atom is -0.452 e. The number of hydrogen-bond acceptors (Lipinski definition) is 5. The van der Waals surface area contributed by atoms with Crippen LogP contribution in [-0.4, -0.2) is 29.2 Å². The van der Waals surface area contributed by atoms with Crippen LogP contribution in [0.2, 0.25) is 5.02 Å². The van der Waals surface area contributed by atoms with E-state index in [1.165, 1.54) is 7.11 Å². The number of aromatic nitrogens is 1. The van der Waals surface area contributed by atoms with E-state index in [0.717, 1.165) is 0 Å². The molecule has 1 heterocycles. The van der Waals surface area contributed by atoms with Gasteiger partial charge in [-0.15, -0.1) is 0 Å². The lowest BCUT2D eigenvalue weighted by Crippen LogP contribution is -2.48. The molecule has 0 unspecified atom stereocenters. The second-order valence-corrected chi connectivity index (χ2v) is 6.39. The number of carbonyl (C=O) groups excluding carboxylic acids is 2. The Kier molecular flexibility index (Phi) is 6.03. The van der Waals surface area contributed by atoms with Crippen LogP contribution < -0.4 is 16.2 Å². The van der Waals surface area contributed by atoms with Gasteiger partial charge in [-0.2, -0.15) is 0 Å². The van der Waals surface area contributed by atoms with Gasteiger partial charge in [0.15, 0.2) is 5.11 Å². The first-order valence-electron chi connectivity index (χ1n) is 8.09. The third-order valence-electron chi connectivity index (χ3n) is 3.80. The molecular formula is C19H15ClN4O3S. The summed E-state index contributed by atoms with van der Waals surface area (Å²) in [6.45, 7) is 0. The van der Waals surface area contributed by atoms with E-state index in [-0.39, 0.29) is 5.11 Å². The normalized spacial score (nSPS) is 10.2. The molecule has 2 aromatic carbocycles. The fraction of sp³-hybridized carbons (Fsp3) is 0.0526. The summed E-state index contributed by atoms with van der Waals surface area (Å²) in [7, 11) is 1.21. The molecule has 142 valence electrons. The van der Waals surface area contributed by atoms with E-state index in [4.69, 9.17) is 23.8 Å². The largest absolute Gasteiger partial charge is 0.452 e. The summed E-state index contributed by atoms with van der Waals surface area (Å²) in [5, 5.41) is 3.60. The monoisotopic (exact) mass is 414 g/mol. The van der Waals surface area contributed by atoms with Crippen molar-refractivity contribution in [2.24, 2.45) is 0 Å². The van der Waals surface area contributed by atoms with Crippen molar-refractivity contribution in [3.8, 4) is 11.3 Å². The predicted molar refractivity (Wildman–Crippen MR) is 111 cm³/mol. The van der Waals surface area contributed by atoms with Crippen molar-refractivity contribution in [1.29, 1.82) is 0 Å². The van der Waals surface area contributed by atoms with Crippen LogP contribution in [0.4, 0.5) is 4.79 Å². The molecule has 1 aromatic heterocycles. The van der Waals surface area contributed by atoms with Crippen LogP contribution in [0.3, 0.4) is 0 Å². The zero-order valence-electron chi connectivity index (χ0n) is 14.7. The summed E-state index contributed by atoms with van der Waals surface area (Å²) in [6, 6.07) is 16.1. The number of fused-ring (bicyclic) bond motifs is 1. The van der Waals surface area contributed by atoms with Crippen LogP contribution in [0.15, 0.2) is 54.6 Å². The SMILES string of the molecule is COC(=O)NNC(=S)NC(=O)c1cc(-c2ccccc2Cl)nc2ccccc12. The van der Waals surface area contributed by atoms with Crippen molar-refractivity contribution < 1.29 is 14.3 Å². The Morgan fingerprint density at radius 2 is 1.79 bits per heavy atom. The molecule has 0 aliphatic rings. The van der Waals surface area contributed by atoms with E-state index in [1.54, 1.807) is 18.2 Å². The second kappa shape index (κ2) is 8.64. The quantitative estimate of drug-likeness (QED) is 0.439. The summed E-state index contributed by atoms with van der Waals surface area (Å²) < 4.78 is 4.42. The number of methoxy groups -OCH3 is 1. The van der Waals surface area contributed by atoms with E-state index in [2.05, 4.69) is 25.9 Å². The Bertz CT molecular complexity index is 1070. The average Bonchev–Trinajstić information content (AvgIpc) is 2.71. The molecule has 9 heteroatoms. The van der Waals surface area contributed by atoms with Crippen LogP contribution >= 0.6 is 23.8 Å². The number of thiocarbonyl (C=S) groups is 1. The standard InChI is InChI=1S/C19H15ClN4O3S/c1-27-19(26)24-23-18(28)22-17(25)13-10-16(12-7-2-4-8-14(12)20)21-15-9-5-3-6-11(13)15/h2-10H,1H3,(H,24,26)(H2,22,23,25,28). The van der Waals surface area contributed by atoms with Crippen LogP contribution in [0.5, 0.6) is 0 Å². The summed E-state index contributed by atoms with van der Waals surface area (Å²) in [6.07, 6.45) is -0.744. The summed E-state index contributed by atoms with van der Waals surface area (Å²) >= 11 is 11.3. The molecule has 0 aliphatic heterocycles. The first-order valence-corrected chi connectivity index (χ1v) is 8.88. The average molecular weight is 415 g/mol. The van der Waals surface area contributed by atoms with Gasteiger partial charge >= 0.3 is 6.09 Å². The van der Waals surface area contributed by atoms with Gasteiger partial charge in [0, 0.05) is 16.0 Å². The first kappa shape index (κ1) is 19.5. The second-order valence-electron chi connectivity index (χ2n) is 5.58. The van der Waals surface area contributed by atoms with Crippen molar-refractivity contribution in [3.63, 3.8) is 0 Å². The number of halogens is 1. The van der Waals surface area contributed by atoms with Gasteiger partial charge < -0.3 is 4.74 Å². The Morgan fingerprint density at radius 3 is 2.54 bits per heavy atom.